The lowest BCUT2D eigenvalue weighted by molar-refractivity contribution is -0.137. The molecule has 28 heavy (non-hydrogen) atoms. The lowest BCUT2D eigenvalue weighted by atomic mass is 9.78. The Labute approximate surface area is 168 Å². The maximum atomic E-state index is 13.4. The molecule has 1 aliphatic rings. The third kappa shape index (κ3) is 3.04. The SMILES string of the molecule is Cc1ccc(N2C(=O)C[C@@]2(C(=O)Nc2ccc(Cl)cc2)c2ccccn2)cc1. The van der Waals surface area contributed by atoms with Crippen molar-refractivity contribution in [1.29, 1.82) is 0 Å². The molecular weight excluding hydrogens is 374 g/mol. The lowest BCUT2D eigenvalue weighted by Crippen LogP contribution is -2.67. The number of hydrogen-bond acceptors (Lipinski definition) is 3. The highest BCUT2D eigenvalue weighted by Gasteiger charge is 2.59. The van der Waals surface area contributed by atoms with E-state index >= 15 is 0 Å². The Balaban J connectivity index is 1.77. The van der Waals surface area contributed by atoms with Crippen LogP contribution in [0.3, 0.4) is 0 Å². The summed E-state index contributed by atoms with van der Waals surface area (Å²) >= 11 is 5.93. The van der Waals surface area contributed by atoms with E-state index in [1.165, 1.54) is 4.90 Å². The number of carbonyl (C=O) groups is 2. The van der Waals surface area contributed by atoms with Gasteiger partial charge in [-0.15, -0.1) is 0 Å². The third-order valence-electron chi connectivity index (χ3n) is 4.90. The van der Waals surface area contributed by atoms with Gasteiger partial charge < -0.3 is 5.32 Å². The zero-order valence-corrected chi connectivity index (χ0v) is 16.0. The number of halogens is 1. The molecule has 0 radical (unpaired) electrons. The number of amides is 2. The number of nitrogens with one attached hydrogen (secondary N) is 1. The number of pyridine rings is 1. The van der Waals surface area contributed by atoms with Gasteiger partial charge in [-0.3, -0.25) is 19.5 Å². The Morgan fingerprint density at radius 1 is 1.07 bits per heavy atom. The van der Waals surface area contributed by atoms with E-state index in [2.05, 4.69) is 10.3 Å². The minimum atomic E-state index is -1.20. The first-order valence-corrected chi connectivity index (χ1v) is 9.27. The number of hydrogen-bond donors (Lipinski definition) is 1. The minimum Gasteiger partial charge on any atom is -0.324 e. The smallest absolute Gasteiger partial charge is 0.257 e. The molecule has 0 spiro atoms. The Morgan fingerprint density at radius 2 is 1.79 bits per heavy atom. The zero-order valence-electron chi connectivity index (χ0n) is 15.2. The first-order chi connectivity index (χ1) is 13.5. The molecular formula is C22H18ClN3O2. The second kappa shape index (κ2) is 7.09. The largest absolute Gasteiger partial charge is 0.324 e. The number of carbonyl (C=O) groups excluding carboxylic acids is 2. The third-order valence-corrected chi connectivity index (χ3v) is 5.15. The molecule has 0 unspecified atom stereocenters. The van der Waals surface area contributed by atoms with Gasteiger partial charge in [0.25, 0.3) is 5.91 Å². The molecule has 5 nitrogen and oxygen atoms in total. The summed E-state index contributed by atoms with van der Waals surface area (Å²) < 4.78 is 0. The van der Waals surface area contributed by atoms with E-state index in [1.54, 1.807) is 42.6 Å². The van der Waals surface area contributed by atoms with E-state index in [9.17, 15) is 9.59 Å². The predicted molar refractivity (Wildman–Crippen MR) is 109 cm³/mol. The fraction of sp³-hybridized carbons (Fsp3) is 0.136. The molecule has 3 aromatic rings. The standard InChI is InChI=1S/C22H18ClN3O2/c1-15-5-11-18(12-6-15)26-20(27)14-22(26,19-4-2-3-13-24-19)21(28)25-17-9-7-16(23)8-10-17/h2-13H,14H2,1H3,(H,25,28)/t22-/m0/s1. The second-order valence-electron chi connectivity index (χ2n) is 6.78. The topological polar surface area (TPSA) is 62.3 Å². The molecule has 0 aliphatic carbocycles. The number of β-lactam (4-membered cyclic amide) rings is 1. The molecule has 140 valence electrons. The van der Waals surface area contributed by atoms with Crippen LogP contribution in [0.5, 0.6) is 0 Å². The van der Waals surface area contributed by atoms with Gasteiger partial charge in [0.1, 0.15) is 0 Å². The van der Waals surface area contributed by atoms with Crippen molar-refractivity contribution in [2.75, 3.05) is 10.2 Å². The summed E-state index contributed by atoms with van der Waals surface area (Å²) in [7, 11) is 0. The van der Waals surface area contributed by atoms with Crippen LogP contribution in [0.4, 0.5) is 11.4 Å². The normalized spacial score (nSPS) is 18.5. The first-order valence-electron chi connectivity index (χ1n) is 8.89. The second-order valence-corrected chi connectivity index (χ2v) is 7.21. The fourth-order valence-electron chi connectivity index (χ4n) is 3.44. The van der Waals surface area contributed by atoms with Crippen molar-refractivity contribution >= 4 is 34.8 Å². The number of aromatic nitrogens is 1. The van der Waals surface area contributed by atoms with Crippen LogP contribution in [0.2, 0.25) is 5.02 Å². The van der Waals surface area contributed by atoms with Gasteiger partial charge in [0.2, 0.25) is 5.91 Å². The summed E-state index contributed by atoms with van der Waals surface area (Å²) in [5.74, 6) is -0.436. The minimum absolute atomic E-state index is 0.0529. The molecule has 2 heterocycles. The zero-order chi connectivity index (χ0) is 19.7. The molecule has 1 atom stereocenters. The summed E-state index contributed by atoms with van der Waals surface area (Å²) in [5.41, 5.74) is 1.67. The fourth-order valence-corrected chi connectivity index (χ4v) is 3.56. The monoisotopic (exact) mass is 391 g/mol. The van der Waals surface area contributed by atoms with Crippen LogP contribution in [0.15, 0.2) is 72.9 Å². The highest BCUT2D eigenvalue weighted by Crippen LogP contribution is 2.45. The van der Waals surface area contributed by atoms with Gasteiger partial charge in [0.15, 0.2) is 5.54 Å². The van der Waals surface area contributed by atoms with Gasteiger partial charge in [-0.25, -0.2) is 0 Å². The summed E-state index contributed by atoms with van der Waals surface area (Å²) in [6.07, 6.45) is 1.68. The van der Waals surface area contributed by atoms with Gasteiger partial charge in [0, 0.05) is 22.6 Å². The van der Waals surface area contributed by atoms with Crippen LogP contribution >= 0.6 is 11.6 Å². The predicted octanol–water partition coefficient (Wildman–Crippen LogP) is 4.31. The highest BCUT2D eigenvalue weighted by molar-refractivity contribution is 6.30. The van der Waals surface area contributed by atoms with Crippen LogP contribution in [0, 0.1) is 6.92 Å². The Morgan fingerprint density at radius 3 is 2.39 bits per heavy atom. The molecule has 1 aliphatic heterocycles. The summed E-state index contributed by atoms with van der Waals surface area (Å²) in [6, 6.07) is 19.8. The summed E-state index contributed by atoms with van der Waals surface area (Å²) in [5, 5.41) is 3.49. The molecule has 6 heteroatoms. The van der Waals surface area contributed by atoms with Gasteiger partial charge >= 0.3 is 0 Å². The maximum Gasteiger partial charge on any atom is 0.257 e. The number of anilines is 2. The van der Waals surface area contributed by atoms with Gasteiger partial charge in [-0.1, -0.05) is 35.4 Å². The van der Waals surface area contributed by atoms with Crippen LogP contribution < -0.4 is 10.2 Å². The molecule has 0 saturated carbocycles. The van der Waals surface area contributed by atoms with E-state index in [-0.39, 0.29) is 18.2 Å². The number of rotatable bonds is 4. The van der Waals surface area contributed by atoms with Crippen molar-refractivity contribution in [1.82, 2.24) is 4.98 Å². The van der Waals surface area contributed by atoms with Crippen LogP contribution in [0.25, 0.3) is 0 Å². The van der Waals surface area contributed by atoms with Crippen molar-refractivity contribution in [3.05, 3.63) is 89.2 Å². The van der Waals surface area contributed by atoms with E-state index < -0.39 is 5.54 Å². The number of benzene rings is 2. The van der Waals surface area contributed by atoms with Gasteiger partial charge in [0.05, 0.1) is 12.1 Å². The van der Waals surface area contributed by atoms with Crippen molar-refractivity contribution in [2.24, 2.45) is 0 Å². The van der Waals surface area contributed by atoms with E-state index in [0.29, 0.717) is 22.1 Å². The molecule has 1 fully saturated rings. The molecule has 1 N–H and O–H groups in total. The van der Waals surface area contributed by atoms with Crippen molar-refractivity contribution in [3.63, 3.8) is 0 Å². The van der Waals surface area contributed by atoms with Crippen molar-refractivity contribution in [2.45, 2.75) is 18.9 Å². The van der Waals surface area contributed by atoms with E-state index in [4.69, 9.17) is 11.6 Å². The lowest BCUT2D eigenvalue weighted by Gasteiger charge is -2.49. The average molecular weight is 392 g/mol. The maximum absolute atomic E-state index is 13.4. The van der Waals surface area contributed by atoms with Crippen LogP contribution in [-0.2, 0) is 15.1 Å². The summed E-state index contributed by atoms with van der Waals surface area (Å²) in [4.78, 5) is 32.0. The highest BCUT2D eigenvalue weighted by atomic mass is 35.5. The molecule has 0 bridgehead atoms. The summed E-state index contributed by atoms with van der Waals surface area (Å²) in [6.45, 7) is 1.97. The number of aryl methyl sites for hydroxylation is 1. The van der Waals surface area contributed by atoms with Crippen LogP contribution in [-0.4, -0.2) is 16.8 Å². The van der Waals surface area contributed by atoms with Crippen molar-refractivity contribution < 1.29 is 9.59 Å². The molecule has 1 saturated heterocycles. The van der Waals surface area contributed by atoms with Gasteiger partial charge in [-0.05, 0) is 55.5 Å². The Hall–Kier alpha value is -3.18. The number of nitrogens with zero attached hydrogens (tertiary/aromatic N) is 2. The van der Waals surface area contributed by atoms with Gasteiger partial charge in [-0.2, -0.15) is 0 Å². The first kappa shape index (κ1) is 18.2. The molecule has 2 aromatic carbocycles. The Bertz CT molecular complexity index is 1020. The Kier molecular flexibility index (Phi) is 4.61. The van der Waals surface area contributed by atoms with E-state index in [0.717, 1.165) is 5.56 Å². The average Bonchev–Trinajstić information content (AvgIpc) is 2.70. The molecule has 2 amide bonds. The van der Waals surface area contributed by atoms with E-state index in [1.807, 2.05) is 37.3 Å². The molecule has 1 aromatic heterocycles. The molecule has 4 rings (SSSR count). The quantitative estimate of drug-likeness (QED) is 0.674. The van der Waals surface area contributed by atoms with Crippen LogP contribution in [0.1, 0.15) is 17.7 Å². The van der Waals surface area contributed by atoms with Crippen molar-refractivity contribution in [3.8, 4) is 0 Å².